The van der Waals surface area contributed by atoms with Crippen molar-refractivity contribution < 1.29 is 18.8 Å². The van der Waals surface area contributed by atoms with Gasteiger partial charge in [-0.25, -0.2) is 14.1 Å². The minimum atomic E-state index is -0.932. The number of fused-ring (bicyclic) bond motifs is 1. The topological polar surface area (TPSA) is 69.7 Å². The summed E-state index contributed by atoms with van der Waals surface area (Å²) in [5, 5.41) is 2.54. The highest BCUT2D eigenvalue weighted by molar-refractivity contribution is 6.40. The highest BCUT2D eigenvalue weighted by Crippen LogP contribution is 2.45. The molecule has 8 heteroatoms. The molecule has 2 aromatic rings. The highest BCUT2D eigenvalue weighted by Gasteiger charge is 2.38. The molecular formula is C25H25ClFN3O3. The summed E-state index contributed by atoms with van der Waals surface area (Å²) in [6.45, 7) is 9.44. The molecule has 1 unspecified atom stereocenters. The van der Waals surface area contributed by atoms with Crippen molar-refractivity contribution in [2.45, 2.75) is 45.6 Å². The van der Waals surface area contributed by atoms with E-state index < -0.39 is 23.7 Å². The third kappa shape index (κ3) is 4.02. The number of urea groups is 1. The lowest BCUT2D eigenvalue weighted by molar-refractivity contribution is -0.122. The molecule has 1 atom stereocenters. The van der Waals surface area contributed by atoms with Gasteiger partial charge >= 0.3 is 6.03 Å². The van der Waals surface area contributed by atoms with Crippen molar-refractivity contribution >= 4 is 46.9 Å². The van der Waals surface area contributed by atoms with Crippen molar-refractivity contribution in [2.24, 2.45) is 0 Å². The first-order chi connectivity index (χ1) is 15.5. The second kappa shape index (κ2) is 8.30. The van der Waals surface area contributed by atoms with E-state index >= 15 is 0 Å². The zero-order valence-electron chi connectivity index (χ0n) is 18.9. The molecule has 0 radical (unpaired) electrons. The number of barbiturate groups is 1. The van der Waals surface area contributed by atoms with Gasteiger partial charge in [-0.1, -0.05) is 24.6 Å². The quantitative estimate of drug-likeness (QED) is 0.492. The number of carbonyl (C=O) groups excluding carboxylic acids is 3. The molecule has 1 N–H and O–H groups in total. The molecule has 172 valence electrons. The first-order valence-corrected chi connectivity index (χ1v) is 11.2. The van der Waals surface area contributed by atoms with Crippen LogP contribution in [0.4, 0.5) is 20.6 Å². The van der Waals surface area contributed by atoms with E-state index in [0.29, 0.717) is 10.6 Å². The number of hydrogen-bond donors (Lipinski definition) is 1. The van der Waals surface area contributed by atoms with Gasteiger partial charge in [0.2, 0.25) is 0 Å². The number of amides is 4. The number of imide groups is 2. The molecule has 0 bridgehead atoms. The Labute approximate surface area is 197 Å². The van der Waals surface area contributed by atoms with E-state index in [1.165, 1.54) is 24.3 Å². The van der Waals surface area contributed by atoms with Gasteiger partial charge in [-0.15, -0.1) is 0 Å². The SMILES string of the molecule is CCN1c2cc(Cl)c(/C=C3/C(=O)NC(=O)N(c4cccc(F)c4)C3=O)cc2C(C)CC1(C)C. The maximum absolute atomic E-state index is 13.7. The minimum absolute atomic E-state index is 0.0295. The first-order valence-electron chi connectivity index (χ1n) is 10.8. The number of hydrogen-bond acceptors (Lipinski definition) is 4. The van der Waals surface area contributed by atoms with Gasteiger partial charge in [0.25, 0.3) is 11.8 Å². The van der Waals surface area contributed by atoms with Crippen LogP contribution in [0.2, 0.25) is 5.02 Å². The number of carbonyl (C=O) groups is 3. The molecular weight excluding hydrogens is 445 g/mol. The number of anilines is 2. The van der Waals surface area contributed by atoms with Crippen molar-refractivity contribution in [1.82, 2.24) is 5.32 Å². The largest absolute Gasteiger partial charge is 0.366 e. The molecule has 2 aromatic carbocycles. The molecule has 4 amide bonds. The van der Waals surface area contributed by atoms with Crippen LogP contribution in [-0.2, 0) is 9.59 Å². The van der Waals surface area contributed by atoms with Crippen LogP contribution in [0.5, 0.6) is 0 Å². The van der Waals surface area contributed by atoms with E-state index in [4.69, 9.17) is 11.6 Å². The molecule has 33 heavy (non-hydrogen) atoms. The molecule has 2 aliphatic rings. The van der Waals surface area contributed by atoms with Crippen LogP contribution in [0.25, 0.3) is 6.08 Å². The molecule has 2 heterocycles. The third-order valence-electron chi connectivity index (χ3n) is 6.29. The lowest BCUT2D eigenvalue weighted by Gasteiger charge is -2.47. The van der Waals surface area contributed by atoms with Gasteiger partial charge in [-0.2, -0.15) is 0 Å². The Kier molecular flexibility index (Phi) is 5.78. The van der Waals surface area contributed by atoms with E-state index in [-0.39, 0.29) is 22.7 Å². The molecule has 0 aliphatic carbocycles. The molecule has 0 spiro atoms. The monoisotopic (exact) mass is 469 g/mol. The maximum Gasteiger partial charge on any atom is 0.335 e. The smallest absolute Gasteiger partial charge is 0.335 e. The van der Waals surface area contributed by atoms with Crippen LogP contribution < -0.4 is 15.1 Å². The predicted octanol–water partition coefficient (Wildman–Crippen LogP) is 5.26. The van der Waals surface area contributed by atoms with Gasteiger partial charge in [-0.05, 0) is 80.6 Å². The first kappa shape index (κ1) is 23.0. The van der Waals surface area contributed by atoms with Gasteiger partial charge in [0.05, 0.1) is 5.69 Å². The van der Waals surface area contributed by atoms with Crippen LogP contribution in [0, 0.1) is 5.82 Å². The Bertz CT molecular complexity index is 1210. The van der Waals surface area contributed by atoms with E-state index in [1.807, 2.05) is 12.1 Å². The Morgan fingerprint density at radius 2 is 1.94 bits per heavy atom. The Morgan fingerprint density at radius 3 is 2.61 bits per heavy atom. The van der Waals surface area contributed by atoms with Crippen LogP contribution in [0.1, 0.15) is 51.2 Å². The van der Waals surface area contributed by atoms with Crippen molar-refractivity contribution in [3.63, 3.8) is 0 Å². The van der Waals surface area contributed by atoms with Gasteiger partial charge in [-0.3, -0.25) is 14.9 Å². The van der Waals surface area contributed by atoms with Crippen molar-refractivity contribution in [1.29, 1.82) is 0 Å². The van der Waals surface area contributed by atoms with Crippen LogP contribution in [-0.4, -0.2) is 29.9 Å². The Morgan fingerprint density at radius 1 is 1.21 bits per heavy atom. The van der Waals surface area contributed by atoms with E-state index in [0.717, 1.165) is 35.2 Å². The average molecular weight is 470 g/mol. The highest BCUT2D eigenvalue weighted by atomic mass is 35.5. The molecule has 1 fully saturated rings. The van der Waals surface area contributed by atoms with E-state index in [9.17, 15) is 18.8 Å². The molecule has 0 aromatic heterocycles. The Hall–Kier alpha value is -3.19. The fourth-order valence-electron chi connectivity index (χ4n) is 4.89. The number of halogens is 2. The molecule has 6 nitrogen and oxygen atoms in total. The summed E-state index contributed by atoms with van der Waals surface area (Å²) in [6, 6.07) is 7.89. The summed E-state index contributed by atoms with van der Waals surface area (Å²) in [6.07, 6.45) is 2.33. The number of nitrogens with zero attached hydrogens (tertiary/aromatic N) is 2. The summed E-state index contributed by atoms with van der Waals surface area (Å²) < 4.78 is 13.7. The van der Waals surface area contributed by atoms with Gasteiger partial charge in [0.15, 0.2) is 0 Å². The summed E-state index contributed by atoms with van der Waals surface area (Å²) >= 11 is 6.60. The lowest BCUT2D eigenvalue weighted by atomic mass is 9.79. The zero-order chi connectivity index (χ0) is 24.1. The zero-order valence-corrected chi connectivity index (χ0v) is 19.7. The predicted molar refractivity (Wildman–Crippen MR) is 127 cm³/mol. The second-order valence-corrected chi connectivity index (χ2v) is 9.44. The van der Waals surface area contributed by atoms with E-state index in [2.05, 4.69) is 37.9 Å². The molecule has 2 aliphatic heterocycles. The molecule has 1 saturated heterocycles. The number of rotatable bonds is 3. The minimum Gasteiger partial charge on any atom is -0.366 e. The summed E-state index contributed by atoms with van der Waals surface area (Å²) in [5.41, 5.74) is 2.36. The fourth-order valence-corrected chi connectivity index (χ4v) is 5.11. The maximum atomic E-state index is 13.7. The van der Waals surface area contributed by atoms with E-state index in [1.54, 1.807) is 0 Å². The van der Waals surface area contributed by atoms with Gasteiger partial charge < -0.3 is 4.90 Å². The van der Waals surface area contributed by atoms with Crippen molar-refractivity contribution in [3.05, 3.63) is 63.9 Å². The van der Waals surface area contributed by atoms with Crippen molar-refractivity contribution in [2.75, 3.05) is 16.3 Å². The Balaban J connectivity index is 1.78. The van der Waals surface area contributed by atoms with Crippen LogP contribution >= 0.6 is 11.6 Å². The fraction of sp³-hybridized carbons (Fsp3) is 0.320. The summed E-state index contributed by atoms with van der Waals surface area (Å²) in [5.74, 6) is -2.03. The van der Waals surface area contributed by atoms with Crippen molar-refractivity contribution in [3.8, 4) is 0 Å². The normalized spacial score (nSPS) is 21.3. The third-order valence-corrected chi connectivity index (χ3v) is 6.62. The van der Waals surface area contributed by atoms with Gasteiger partial charge in [0, 0.05) is 22.8 Å². The van der Waals surface area contributed by atoms with Crippen LogP contribution in [0.15, 0.2) is 42.0 Å². The number of nitrogens with one attached hydrogen (secondary N) is 1. The van der Waals surface area contributed by atoms with Crippen LogP contribution in [0.3, 0.4) is 0 Å². The summed E-state index contributed by atoms with van der Waals surface area (Å²) in [4.78, 5) is 41.0. The lowest BCUT2D eigenvalue weighted by Crippen LogP contribution is -2.54. The van der Waals surface area contributed by atoms with Gasteiger partial charge in [0.1, 0.15) is 11.4 Å². The molecule has 4 rings (SSSR count). The average Bonchev–Trinajstić information content (AvgIpc) is 2.71. The number of benzene rings is 2. The molecule has 0 saturated carbocycles. The standard InChI is InChI=1S/C25H25ClFN3O3/c1-5-29-21-12-20(26)15(9-18(21)14(2)13-25(29,3)4)10-19-22(31)28-24(33)30(23(19)32)17-8-6-7-16(27)11-17/h6-12,14H,5,13H2,1-4H3,(H,28,31,33)/b19-10-. The summed E-state index contributed by atoms with van der Waals surface area (Å²) in [7, 11) is 0. The second-order valence-electron chi connectivity index (χ2n) is 9.03.